The minimum Gasteiger partial charge on any atom is -0.508 e. The van der Waals surface area contributed by atoms with Gasteiger partial charge >= 0.3 is 0 Å². The molecule has 0 unspecified atom stereocenters. The van der Waals surface area contributed by atoms with E-state index in [1.165, 1.54) is 11.1 Å². The second-order valence-electron chi connectivity index (χ2n) is 7.69. The molecule has 4 N–H and O–H groups in total. The molecule has 3 aliphatic carbocycles. The van der Waals surface area contributed by atoms with Gasteiger partial charge in [0.1, 0.15) is 11.9 Å². The molecule has 22 heavy (non-hydrogen) atoms. The highest BCUT2D eigenvalue weighted by Crippen LogP contribution is 2.60. The van der Waals surface area contributed by atoms with Gasteiger partial charge in [0.15, 0.2) is 0 Å². The lowest BCUT2D eigenvalue weighted by Gasteiger charge is -2.50. The molecular formula is C18H24O4. The molecule has 0 spiro atoms. The van der Waals surface area contributed by atoms with Gasteiger partial charge in [0.05, 0.1) is 12.2 Å². The van der Waals surface area contributed by atoms with Crippen molar-refractivity contribution in [1.29, 1.82) is 0 Å². The van der Waals surface area contributed by atoms with Crippen LogP contribution >= 0.6 is 0 Å². The fraction of sp³-hybridized carbons (Fsp3) is 0.667. The number of benzene rings is 1. The van der Waals surface area contributed by atoms with E-state index in [9.17, 15) is 20.4 Å². The number of hydrogen-bond donors (Lipinski definition) is 4. The number of phenolic OH excluding ortho intramolecular Hbond substituents is 1. The fourth-order valence-electron chi connectivity index (χ4n) is 5.62. The van der Waals surface area contributed by atoms with Gasteiger partial charge in [-0.05, 0) is 66.7 Å². The maximum atomic E-state index is 10.5. The molecule has 3 aliphatic rings. The molecule has 0 amide bonds. The van der Waals surface area contributed by atoms with Crippen molar-refractivity contribution >= 4 is 0 Å². The van der Waals surface area contributed by atoms with Crippen molar-refractivity contribution in [1.82, 2.24) is 0 Å². The molecule has 0 heterocycles. The van der Waals surface area contributed by atoms with E-state index >= 15 is 0 Å². The predicted octanol–water partition coefficient (Wildman–Crippen LogP) is 1.55. The number of fused-ring (bicyclic) bond motifs is 5. The Bertz CT molecular complexity index is 601. The Labute approximate surface area is 130 Å². The largest absolute Gasteiger partial charge is 0.508 e. The lowest BCUT2D eigenvalue weighted by atomic mass is 9.55. The number of rotatable bonds is 0. The molecule has 120 valence electrons. The second-order valence-corrected chi connectivity index (χ2v) is 7.69. The van der Waals surface area contributed by atoms with Gasteiger partial charge in [0.25, 0.3) is 0 Å². The van der Waals surface area contributed by atoms with Gasteiger partial charge in [-0.3, -0.25) is 0 Å². The van der Waals surface area contributed by atoms with E-state index in [1.807, 2.05) is 19.1 Å². The van der Waals surface area contributed by atoms with Gasteiger partial charge in [-0.2, -0.15) is 0 Å². The first-order chi connectivity index (χ1) is 10.4. The van der Waals surface area contributed by atoms with E-state index in [1.54, 1.807) is 6.07 Å². The molecule has 4 nitrogen and oxygen atoms in total. The summed E-state index contributed by atoms with van der Waals surface area (Å²) in [6, 6.07) is 5.61. The fourth-order valence-corrected chi connectivity index (χ4v) is 5.62. The van der Waals surface area contributed by atoms with E-state index < -0.39 is 23.7 Å². The summed E-state index contributed by atoms with van der Waals surface area (Å²) in [4.78, 5) is 0. The Morgan fingerprint density at radius 3 is 2.64 bits per heavy atom. The highest BCUT2D eigenvalue weighted by Gasteiger charge is 2.62. The third-order valence-corrected chi connectivity index (χ3v) is 6.72. The summed E-state index contributed by atoms with van der Waals surface area (Å²) in [5.41, 5.74) is 2.09. The van der Waals surface area contributed by atoms with Gasteiger partial charge in [-0.25, -0.2) is 0 Å². The Kier molecular flexibility index (Phi) is 3.09. The van der Waals surface area contributed by atoms with Crippen LogP contribution in [0.1, 0.15) is 43.2 Å². The van der Waals surface area contributed by atoms with Crippen molar-refractivity contribution in [3.05, 3.63) is 29.3 Å². The van der Waals surface area contributed by atoms with E-state index in [2.05, 4.69) is 0 Å². The normalized spacial score (nSPS) is 46.7. The Morgan fingerprint density at radius 2 is 1.86 bits per heavy atom. The molecule has 0 bridgehead atoms. The summed E-state index contributed by atoms with van der Waals surface area (Å²) in [6.45, 7) is 2.02. The van der Waals surface area contributed by atoms with Crippen molar-refractivity contribution in [2.45, 2.75) is 56.8 Å². The van der Waals surface area contributed by atoms with Crippen LogP contribution in [0.15, 0.2) is 18.2 Å². The van der Waals surface area contributed by atoms with E-state index in [0.29, 0.717) is 11.7 Å². The molecule has 0 saturated heterocycles. The number of phenols is 1. The highest BCUT2D eigenvalue weighted by atomic mass is 16.4. The topological polar surface area (TPSA) is 80.9 Å². The Hall–Kier alpha value is -1.10. The van der Waals surface area contributed by atoms with Crippen LogP contribution in [-0.2, 0) is 6.42 Å². The minimum atomic E-state index is -1.03. The first-order valence-electron chi connectivity index (χ1n) is 8.29. The van der Waals surface area contributed by atoms with Crippen molar-refractivity contribution in [2.75, 3.05) is 0 Å². The van der Waals surface area contributed by atoms with Crippen LogP contribution in [0.2, 0.25) is 0 Å². The first kappa shape index (κ1) is 14.5. The van der Waals surface area contributed by atoms with Gasteiger partial charge in [0, 0.05) is 5.41 Å². The van der Waals surface area contributed by atoms with Crippen LogP contribution in [0, 0.1) is 17.3 Å². The average Bonchev–Trinajstić information content (AvgIpc) is 2.68. The highest BCUT2D eigenvalue weighted by molar-refractivity contribution is 5.40. The minimum absolute atomic E-state index is 0.0572. The SMILES string of the molecule is C[C@]12CC[C@@H]3c4ccc(O)cc4CC[C@H]3[C@@H]1[C@H](O)[C@@H](O)[C@@H]2O. The number of aliphatic hydroxyl groups excluding tert-OH is 3. The maximum absolute atomic E-state index is 10.5. The van der Waals surface area contributed by atoms with Crippen molar-refractivity contribution in [3.8, 4) is 5.75 Å². The van der Waals surface area contributed by atoms with Crippen LogP contribution < -0.4 is 0 Å². The van der Waals surface area contributed by atoms with Crippen LogP contribution in [-0.4, -0.2) is 38.7 Å². The smallest absolute Gasteiger partial charge is 0.115 e. The van der Waals surface area contributed by atoms with Gasteiger partial charge in [0.2, 0.25) is 0 Å². The van der Waals surface area contributed by atoms with E-state index in [4.69, 9.17) is 0 Å². The van der Waals surface area contributed by atoms with Crippen molar-refractivity contribution in [2.24, 2.45) is 17.3 Å². The monoisotopic (exact) mass is 304 g/mol. The van der Waals surface area contributed by atoms with Crippen LogP contribution in [0.25, 0.3) is 0 Å². The third-order valence-electron chi connectivity index (χ3n) is 6.72. The quantitative estimate of drug-likeness (QED) is 0.586. The van der Waals surface area contributed by atoms with Crippen LogP contribution in [0.3, 0.4) is 0 Å². The third kappa shape index (κ3) is 1.75. The zero-order valence-corrected chi connectivity index (χ0v) is 12.8. The molecule has 0 radical (unpaired) electrons. The van der Waals surface area contributed by atoms with E-state index in [0.717, 1.165) is 25.7 Å². The molecular weight excluding hydrogens is 280 g/mol. The second kappa shape index (κ2) is 4.70. The van der Waals surface area contributed by atoms with Crippen molar-refractivity contribution in [3.63, 3.8) is 0 Å². The number of aryl methyl sites for hydroxylation is 1. The molecule has 1 aromatic rings. The van der Waals surface area contributed by atoms with Crippen LogP contribution in [0.5, 0.6) is 5.75 Å². The summed E-state index contributed by atoms with van der Waals surface area (Å²) in [5.74, 6) is 0.898. The van der Waals surface area contributed by atoms with Gasteiger partial charge in [-0.15, -0.1) is 0 Å². The predicted molar refractivity (Wildman–Crippen MR) is 81.5 cm³/mol. The Balaban J connectivity index is 1.74. The van der Waals surface area contributed by atoms with Gasteiger partial charge < -0.3 is 20.4 Å². The molecule has 2 fully saturated rings. The molecule has 4 heteroatoms. The lowest BCUT2D eigenvalue weighted by molar-refractivity contribution is -0.0505. The molecule has 4 rings (SSSR count). The molecule has 0 aliphatic heterocycles. The number of aliphatic hydroxyl groups is 3. The van der Waals surface area contributed by atoms with Crippen molar-refractivity contribution < 1.29 is 20.4 Å². The summed E-state index contributed by atoms with van der Waals surface area (Å²) >= 11 is 0. The number of hydrogen-bond acceptors (Lipinski definition) is 4. The summed E-state index contributed by atoms with van der Waals surface area (Å²) in [6.07, 6.45) is 0.894. The summed E-state index contributed by atoms with van der Waals surface area (Å²) in [5, 5.41) is 40.7. The summed E-state index contributed by atoms with van der Waals surface area (Å²) < 4.78 is 0. The molecule has 0 aromatic heterocycles. The van der Waals surface area contributed by atoms with E-state index in [-0.39, 0.29) is 11.8 Å². The molecule has 7 atom stereocenters. The maximum Gasteiger partial charge on any atom is 0.115 e. The number of aromatic hydroxyl groups is 1. The van der Waals surface area contributed by atoms with Gasteiger partial charge in [-0.1, -0.05) is 13.0 Å². The standard InChI is InChI=1S/C18H24O4/c1-18-7-6-12-11-5-3-10(19)8-9(11)2-4-13(12)14(18)15(20)16(21)17(18)22/h3,5,8,12-17,19-22H,2,4,6-7H2,1H3/t12-,13-,14-,15+,16-,17+,18+/m1/s1. The zero-order valence-electron chi connectivity index (χ0n) is 12.8. The lowest BCUT2D eigenvalue weighted by Crippen LogP contribution is -2.46. The molecule has 1 aromatic carbocycles. The average molecular weight is 304 g/mol. The summed E-state index contributed by atoms with van der Waals surface area (Å²) in [7, 11) is 0. The molecule has 2 saturated carbocycles. The van der Waals surface area contributed by atoms with Crippen LogP contribution in [0.4, 0.5) is 0 Å². The first-order valence-corrected chi connectivity index (χ1v) is 8.29. The zero-order chi connectivity index (χ0) is 15.6. The Morgan fingerprint density at radius 1 is 1.09 bits per heavy atom.